The summed E-state index contributed by atoms with van der Waals surface area (Å²) in [4.78, 5) is 2.53. The Morgan fingerprint density at radius 2 is 1.68 bits per heavy atom. The van der Waals surface area contributed by atoms with Gasteiger partial charge in [0.2, 0.25) is 0 Å². The van der Waals surface area contributed by atoms with E-state index in [4.69, 9.17) is 14.2 Å². The van der Waals surface area contributed by atoms with E-state index in [9.17, 15) is 0 Å². The fourth-order valence-corrected chi connectivity index (χ4v) is 6.34. The van der Waals surface area contributed by atoms with E-state index in [0.717, 1.165) is 57.2 Å². The van der Waals surface area contributed by atoms with Crippen LogP contribution in [0.4, 0.5) is 5.69 Å². The maximum absolute atomic E-state index is 6.58. The molecule has 3 aromatic carbocycles. The third-order valence-electron chi connectivity index (χ3n) is 8.43. The predicted octanol–water partition coefficient (Wildman–Crippen LogP) is 6.43. The largest absolute Gasteiger partial charge is 0.465 e. The molecule has 3 atom stereocenters. The molecule has 1 N–H and O–H groups in total. The summed E-state index contributed by atoms with van der Waals surface area (Å²) in [6.45, 7) is 4.73. The second-order valence-corrected chi connectivity index (χ2v) is 11.0. The number of hydrogen-bond donors (Lipinski definition) is 1. The number of hydrogen-bond acceptors (Lipinski definition) is 5. The first-order valence-corrected chi connectivity index (χ1v) is 14.4. The Morgan fingerprint density at radius 3 is 2.42 bits per heavy atom. The van der Waals surface area contributed by atoms with Crippen LogP contribution in [0.25, 0.3) is 0 Å². The lowest BCUT2D eigenvalue weighted by Gasteiger charge is -2.36. The fraction of sp³-hybridized carbons (Fsp3) is 0.455. The van der Waals surface area contributed by atoms with Gasteiger partial charge in [-0.05, 0) is 91.7 Å². The first-order valence-electron chi connectivity index (χ1n) is 14.4. The molecule has 5 heteroatoms. The van der Waals surface area contributed by atoms with Gasteiger partial charge in [0.1, 0.15) is 5.75 Å². The van der Waals surface area contributed by atoms with Gasteiger partial charge in [-0.15, -0.1) is 0 Å². The summed E-state index contributed by atoms with van der Waals surface area (Å²) in [7, 11) is 2.06. The van der Waals surface area contributed by atoms with E-state index >= 15 is 0 Å². The molecule has 2 saturated heterocycles. The third-order valence-corrected chi connectivity index (χ3v) is 8.43. The van der Waals surface area contributed by atoms with Crippen molar-refractivity contribution in [2.45, 2.75) is 57.0 Å². The molecule has 3 heterocycles. The van der Waals surface area contributed by atoms with Crippen molar-refractivity contribution in [3.63, 3.8) is 0 Å². The summed E-state index contributed by atoms with van der Waals surface area (Å²) in [6, 6.07) is 26.4. The van der Waals surface area contributed by atoms with Gasteiger partial charge in [0.15, 0.2) is 6.29 Å². The maximum atomic E-state index is 6.58. The lowest BCUT2D eigenvalue weighted by Crippen LogP contribution is -2.36. The standard InChI is InChI=1S/C33H40N2O3/c1-34-22-24-16-18-35(19-17-24)28-12-10-25(11-13-28)32-30-15-14-29(38-31-9-5-6-20-36-31)21-27(30)23-37-33(32)26-7-3-2-4-8-26/h2-4,7-8,10-15,21,24,31-34H,5-6,9,16-20,22-23H2,1H3/t31?,32?,33-/m1/s1. The van der Waals surface area contributed by atoms with Gasteiger partial charge in [0.25, 0.3) is 0 Å². The summed E-state index contributed by atoms with van der Waals surface area (Å²) in [5.41, 5.74) is 6.35. The van der Waals surface area contributed by atoms with Gasteiger partial charge in [-0.3, -0.25) is 0 Å². The van der Waals surface area contributed by atoms with Gasteiger partial charge in [0.05, 0.1) is 19.3 Å². The van der Waals surface area contributed by atoms with E-state index in [0.29, 0.717) is 6.61 Å². The Kier molecular flexibility index (Phi) is 7.96. The Balaban J connectivity index is 1.26. The zero-order valence-corrected chi connectivity index (χ0v) is 22.5. The number of rotatable bonds is 7. The van der Waals surface area contributed by atoms with Crippen molar-refractivity contribution in [2.75, 3.05) is 38.2 Å². The van der Waals surface area contributed by atoms with Crippen molar-refractivity contribution < 1.29 is 14.2 Å². The van der Waals surface area contributed by atoms with Crippen LogP contribution >= 0.6 is 0 Å². The minimum atomic E-state index is -0.144. The zero-order valence-electron chi connectivity index (χ0n) is 22.5. The molecule has 0 aliphatic carbocycles. The van der Waals surface area contributed by atoms with E-state index in [1.54, 1.807) is 0 Å². The number of benzene rings is 3. The fourth-order valence-electron chi connectivity index (χ4n) is 6.34. The van der Waals surface area contributed by atoms with Crippen LogP contribution in [0.15, 0.2) is 72.8 Å². The van der Waals surface area contributed by atoms with Crippen molar-refractivity contribution in [3.8, 4) is 5.75 Å². The minimum Gasteiger partial charge on any atom is -0.465 e. The number of nitrogens with one attached hydrogen (secondary N) is 1. The number of nitrogens with zero attached hydrogens (tertiary/aromatic N) is 1. The van der Waals surface area contributed by atoms with Crippen molar-refractivity contribution >= 4 is 5.69 Å². The van der Waals surface area contributed by atoms with Crippen LogP contribution < -0.4 is 15.0 Å². The first-order chi connectivity index (χ1) is 18.8. The Morgan fingerprint density at radius 1 is 0.868 bits per heavy atom. The van der Waals surface area contributed by atoms with Gasteiger partial charge in [-0.1, -0.05) is 48.5 Å². The number of ether oxygens (including phenoxy) is 3. The molecule has 0 aromatic heterocycles. The van der Waals surface area contributed by atoms with Crippen LogP contribution in [0.2, 0.25) is 0 Å². The lowest BCUT2D eigenvalue weighted by molar-refractivity contribution is -0.106. The zero-order chi connectivity index (χ0) is 25.7. The van der Waals surface area contributed by atoms with Gasteiger partial charge >= 0.3 is 0 Å². The highest BCUT2D eigenvalue weighted by molar-refractivity contribution is 5.52. The monoisotopic (exact) mass is 512 g/mol. The van der Waals surface area contributed by atoms with E-state index in [1.807, 2.05) is 0 Å². The summed E-state index contributed by atoms with van der Waals surface area (Å²) in [6.07, 6.45) is 5.55. The molecule has 5 nitrogen and oxygen atoms in total. The van der Waals surface area contributed by atoms with E-state index in [2.05, 4.69) is 90.1 Å². The van der Waals surface area contributed by atoms with Crippen molar-refractivity contribution in [3.05, 3.63) is 95.1 Å². The molecular formula is C33H40N2O3. The van der Waals surface area contributed by atoms with Gasteiger partial charge in [-0.2, -0.15) is 0 Å². The maximum Gasteiger partial charge on any atom is 0.199 e. The van der Waals surface area contributed by atoms with Gasteiger partial charge in [-0.25, -0.2) is 0 Å². The Labute approximate surface area is 227 Å². The molecule has 38 heavy (non-hydrogen) atoms. The minimum absolute atomic E-state index is 0.0275. The van der Waals surface area contributed by atoms with E-state index in [1.165, 1.54) is 40.8 Å². The van der Waals surface area contributed by atoms with Crippen molar-refractivity contribution in [1.82, 2.24) is 5.32 Å². The van der Waals surface area contributed by atoms with Crippen LogP contribution in [-0.2, 0) is 16.1 Å². The smallest absolute Gasteiger partial charge is 0.199 e. The Hall–Kier alpha value is -2.86. The molecule has 0 radical (unpaired) electrons. The number of anilines is 1. The van der Waals surface area contributed by atoms with Crippen LogP contribution in [0.3, 0.4) is 0 Å². The van der Waals surface area contributed by atoms with Gasteiger partial charge in [0, 0.05) is 31.1 Å². The van der Waals surface area contributed by atoms with E-state index in [-0.39, 0.29) is 18.3 Å². The average molecular weight is 513 g/mol. The van der Waals surface area contributed by atoms with Gasteiger partial charge < -0.3 is 24.4 Å². The molecule has 3 aromatic rings. The van der Waals surface area contributed by atoms with E-state index < -0.39 is 0 Å². The summed E-state index contributed by atoms with van der Waals surface area (Å²) < 4.78 is 18.6. The highest BCUT2D eigenvalue weighted by atomic mass is 16.7. The molecule has 0 saturated carbocycles. The molecule has 2 fully saturated rings. The highest BCUT2D eigenvalue weighted by Gasteiger charge is 2.33. The number of fused-ring (bicyclic) bond motifs is 1. The summed E-state index contributed by atoms with van der Waals surface area (Å²) in [5, 5.41) is 3.34. The molecule has 3 aliphatic rings. The van der Waals surface area contributed by atoms with Crippen molar-refractivity contribution in [1.29, 1.82) is 0 Å². The molecule has 2 unspecified atom stereocenters. The second-order valence-electron chi connectivity index (χ2n) is 11.0. The molecule has 3 aliphatic heterocycles. The molecule has 0 amide bonds. The third kappa shape index (κ3) is 5.61. The average Bonchev–Trinajstić information content (AvgIpc) is 2.98. The topological polar surface area (TPSA) is 43.0 Å². The first kappa shape index (κ1) is 25.4. The molecule has 6 rings (SSSR count). The molecule has 0 spiro atoms. The molecule has 0 bridgehead atoms. The van der Waals surface area contributed by atoms with Crippen LogP contribution in [0.1, 0.15) is 66.4 Å². The normalized spacial score (nSPS) is 24.1. The van der Waals surface area contributed by atoms with Crippen LogP contribution in [-0.4, -0.2) is 39.6 Å². The molecular weight excluding hydrogens is 472 g/mol. The summed E-state index contributed by atoms with van der Waals surface area (Å²) in [5.74, 6) is 1.78. The molecule has 200 valence electrons. The summed E-state index contributed by atoms with van der Waals surface area (Å²) >= 11 is 0. The lowest BCUT2D eigenvalue weighted by atomic mass is 9.79. The quantitative estimate of drug-likeness (QED) is 0.395. The van der Waals surface area contributed by atoms with Crippen LogP contribution in [0.5, 0.6) is 5.75 Å². The predicted molar refractivity (Wildman–Crippen MR) is 152 cm³/mol. The number of piperidine rings is 1. The SMILES string of the molecule is CNCC1CCN(c2ccc(C3c4ccc(OC5CCCCO5)cc4CO[C@@H]3c3ccccc3)cc2)CC1. The Bertz CT molecular complexity index is 1170. The van der Waals surface area contributed by atoms with Crippen molar-refractivity contribution in [2.24, 2.45) is 5.92 Å². The second kappa shape index (κ2) is 11.9. The van der Waals surface area contributed by atoms with Crippen LogP contribution in [0, 0.1) is 5.92 Å². The highest BCUT2D eigenvalue weighted by Crippen LogP contribution is 2.46.